The van der Waals surface area contributed by atoms with Crippen LogP contribution in [0, 0.1) is 26.7 Å². The molecule has 2 heterocycles. The third kappa shape index (κ3) is 17.3. The lowest BCUT2D eigenvalue weighted by Gasteiger charge is -2.30. The van der Waals surface area contributed by atoms with Crippen molar-refractivity contribution in [2.24, 2.45) is 5.73 Å². The molecule has 11 nitrogen and oxygen atoms in total. The van der Waals surface area contributed by atoms with E-state index in [0.717, 1.165) is 24.3 Å². The second-order valence-electron chi connectivity index (χ2n) is 15.7. The summed E-state index contributed by atoms with van der Waals surface area (Å²) in [5, 5.41) is 14.6. The number of nitrogens with one attached hydrogen (secondary N) is 3. The van der Waals surface area contributed by atoms with Gasteiger partial charge in [-0.15, -0.1) is 12.8 Å². The maximum atomic E-state index is 14.2. The molecule has 2 aliphatic rings. The zero-order chi connectivity index (χ0) is 57.8. The first-order valence-corrected chi connectivity index (χ1v) is 22.3. The molecule has 4 aromatic rings. The molecule has 27 heteroatoms. The van der Waals surface area contributed by atoms with Crippen LogP contribution in [0.5, 0.6) is 0 Å². The fourth-order valence-electron chi connectivity index (χ4n) is 6.91. The van der Waals surface area contributed by atoms with Crippen LogP contribution in [-0.2, 0) is 30.3 Å². The summed E-state index contributed by atoms with van der Waals surface area (Å²) in [6.45, 7) is -1.55. The second-order valence-corrected chi connectivity index (χ2v) is 17.5. The van der Waals surface area contributed by atoms with E-state index in [1.807, 2.05) is 0 Å². The van der Waals surface area contributed by atoms with Gasteiger partial charge in [0.15, 0.2) is 0 Å². The molecule has 0 radical (unpaired) electrons. The van der Waals surface area contributed by atoms with Crippen molar-refractivity contribution < 1.29 is 87.8 Å². The summed E-state index contributed by atoms with van der Waals surface area (Å²) in [5.74, 6) is -3.69. The molecule has 0 spiro atoms. The smallest absolute Gasteiger partial charge is 0.425 e. The summed E-state index contributed by atoms with van der Waals surface area (Å²) in [6, 6.07) is 15.7. The molecule has 0 bridgehead atoms. The number of carbonyl (C=O) groups is 4. The molecule has 0 aliphatic carbocycles. The number of nitrogens with two attached hydrogens (primary N) is 1. The third-order valence-corrected chi connectivity index (χ3v) is 11.2. The predicted molar refractivity (Wildman–Crippen MR) is 255 cm³/mol. The Morgan fingerprint density at radius 3 is 1.31 bits per heavy atom. The van der Waals surface area contributed by atoms with E-state index in [4.69, 9.17) is 68.1 Å². The molecule has 2 atom stereocenters. The first-order valence-electron chi connectivity index (χ1n) is 21.3. The van der Waals surface area contributed by atoms with Gasteiger partial charge in [0, 0.05) is 25.7 Å². The molecular weight excluding hydrogens is 1110 g/mol. The molecular formula is C48H40Cl4F12N4O7. The van der Waals surface area contributed by atoms with Crippen LogP contribution in [0.3, 0.4) is 0 Å². The van der Waals surface area contributed by atoms with Gasteiger partial charge in [0.05, 0.1) is 31.9 Å². The number of rotatable bonds is 11. The van der Waals surface area contributed by atoms with E-state index in [0.29, 0.717) is 27.8 Å². The average molecular weight is 1160 g/mol. The molecule has 6 rings (SSSR count). The summed E-state index contributed by atoms with van der Waals surface area (Å²) in [6.07, 6.45) is -10.9. The van der Waals surface area contributed by atoms with Crippen molar-refractivity contribution in [3.63, 3.8) is 0 Å². The maximum Gasteiger partial charge on any atom is 0.425 e. The molecule has 75 heavy (non-hydrogen) atoms. The Kier molecular flexibility index (Phi) is 21.1. The summed E-state index contributed by atoms with van der Waals surface area (Å²) in [4.78, 5) is 45.1. The minimum atomic E-state index is -4.84. The number of carboxylic acids is 1. The minimum absolute atomic E-state index is 0.00451. The Labute approximate surface area is 440 Å². The zero-order valence-corrected chi connectivity index (χ0v) is 41.4. The van der Waals surface area contributed by atoms with Crippen LogP contribution in [-0.4, -0.2) is 92.9 Å². The number of aryl methyl sites for hydroxylation is 2. The van der Waals surface area contributed by atoms with E-state index >= 15 is 0 Å². The van der Waals surface area contributed by atoms with E-state index in [1.165, 1.54) is 74.0 Å². The van der Waals surface area contributed by atoms with Crippen LogP contribution >= 0.6 is 46.4 Å². The first kappa shape index (κ1) is 61.5. The highest BCUT2D eigenvalue weighted by atomic mass is 35.5. The Hall–Kier alpha value is -6.00. The summed E-state index contributed by atoms with van der Waals surface area (Å²) in [7, 11) is 0. The molecule has 2 aliphatic heterocycles. The topological polar surface area (TPSA) is 169 Å². The van der Waals surface area contributed by atoms with Crippen molar-refractivity contribution >= 4 is 81.2 Å². The van der Waals surface area contributed by atoms with Crippen molar-refractivity contribution in [2.45, 2.75) is 49.8 Å². The van der Waals surface area contributed by atoms with Gasteiger partial charge < -0.3 is 36.3 Å². The highest BCUT2D eigenvalue weighted by molar-refractivity contribution is 6.35. The number of hydrogen-bond acceptors (Lipinski definition) is 7. The van der Waals surface area contributed by atoms with Gasteiger partial charge in [-0.05, 0) is 119 Å². The molecule has 0 aromatic heterocycles. The van der Waals surface area contributed by atoms with E-state index in [9.17, 15) is 71.9 Å². The van der Waals surface area contributed by atoms with Crippen LogP contribution in [0.1, 0.15) is 55.5 Å². The van der Waals surface area contributed by atoms with Gasteiger partial charge in [-0.25, -0.2) is 4.79 Å². The highest BCUT2D eigenvalue weighted by Crippen LogP contribution is 2.51. The molecule has 4 aromatic carbocycles. The number of halogens is 16. The predicted octanol–water partition coefficient (Wildman–Crippen LogP) is 11.3. The number of carboxylic acid groups (broad SMARTS) is 1. The molecule has 0 saturated heterocycles. The van der Waals surface area contributed by atoms with E-state index in [2.05, 4.69) is 11.7 Å². The Bertz CT molecular complexity index is 2850. The SMILES string of the molecule is Cc1cc(C2=CC(c3cc(Cl)cc(Cl)c3)(C(F)(F)F)OC2)ccc1C(=O)NCC(=O)NCC(F)(F)F.Cc1cc(C2=CC(c3cc(Cl)cc(Cl)c3)(C(F)(F)F)OC2)ccc1C(=O)O.NCC(=O)NCC(F)(F)F.[2H]C#C. The number of ether oxygens (including phenoxy) is 2. The highest BCUT2D eigenvalue weighted by Gasteiger charge is 2.59. The van der Waals surface area contributed by atoms with Crippen LogP contribution in [0.25, 0.3) is 11.1 Å². The van der Waals surface area contributed by atoms with E-state index in [-0.39, 0.29) is 54.5 Å². The first-order chi connectivity index (χ1) is 35.0. The van der Waals surface area contributed by atoms with Crippen LogP contribution < -0.4 is 21.7 Å². The van der Waals surface area contributed by atoms with Gasteiger partial charge in [-0.2, -0.15) is 52.7 Å². The monoisotopic (exact) mass is 1150 g/mol. The van der Waals surface area contributed by atoms with Gasteiger partial charge in [-0.1, -0.05) is 70.7 Å². The van der Waals surface area contributed by atoms with Crippen LogP contribution in [0.2, 0.25) is 20.1 Å². The average Bonchev–Trinajstić information content (AvgIpc) is 3.97. The lowest BCUT2D eigenvalue weighted by atomic mass is 9.90. The number of amides is 3. The number of hydrogen-bond donors (Lipinski definition) is 5. The zero-order valence-electron chi connectivity index (χ0n) is 39.4. The van der Waals surface area contributed by atoms with Gasteiger partial charge in [0.1, 0.15) is 14.5 Å². The standard InChI is InChI=1S/C23H18Cl2F6N2O3.C19H13Cl2F3O3.C4H7F3N2O.C2H2/c1-12-4-13(2-3-18(12)20(35)32-9-19(34)33-11-22(26,27)28)14-8-21(36-10-14,23(29,30)31)15-5-16(24)7-17(25)6-15;1-10-4-11(2-3-16(10)17(25)26)12-8-18(27-9-12,19(22,23)24)13-5-14(20)7-15(21)6-13;5-4(6,7)2-9-3(10)1-8;1-2/h2-8H,9-11H2,1H3,(H,32,35)(H,33,34);2-8H,9H2,1H3,(H,25,26);1-2,8H2,(H,9,10);1-2H/i;;;1D. The van der Waals surface area contributed by atoms with Gasteiger partial charge in [0.25, 0.3) is 5.91 Å². The lowest BCUT2D eigenvalue weighted by molar-refractivity contribution is -0.254. The van der Waals surface area contributed by atoms with Gasteiger partial charge in [0.2, 0.25) is 23.0 Å². The molecule has 406 valence electrons. The van der Waals surface area contributed by atoms with Crippen molar-refractivity contribution in [1.82, 2.24) is 16.0 Å². The Morgan fingerprint density at radius 2 is 0.987 bits per heavy atom. The number of carbonyl (C=O) groups excluding carboxylic acids is 3. The molecule has 0 saturated carbocycles. The van der Waals surface area contributed by atoms with Crippen LogP contribution in [0.4, 0.5) is 52.7 Å². The van der Waals surface area contributed by atoms with Crippen molar-refractivity contribution in [2.75, 3.05) is 39.4 Å². The van der Waals surface area contributed by atoms with Gasteiger partial charge in [-0.3, -0.25) is 14.4 Å². The molecule has 0 fully saturated rings. The molecule has 3 amide bonds. The number of alkyl halides is 12. The van der Waals surface area contributed by atoms with Crippen molar-refractivity contribution in [1.29, 1.82) is 0 Å². The lowest BCUT2D eigenvalue weighted by Crippen LogP contribution is -2.41. The molecule has 6 N–H and O–H groups in total. The number of aromatic carboxylic acids is 1. The third-order valence-electron chi connectivity index (χ3n) is 10.3. The quantitative estimate of drug-likeness (QED) is 0.0730. The van der Waals surface area contributed by atoms with Crippen molar-refractivity contribution in [3.05, 3.63) is 150 Å². The van der Waals surface area contributed by atoms with Crippen molar-refractivity contribution in [3.8, 4) is 12.8 Å². The van der Waals surface area contributed by atoms with Gasteiger partial charge >= 0.3 is 30.7 Å². The fraction of sp³-hybridized carbons (Fsp3) is 0.292. The summed E-state index contributed by atoms with van der Waals surface area (Å²) < 4.78 is 171. The normalized spacial score (nSPS) is 17.4. The fourth-order valence-corrected chi connectivity index (χ4v) is 7.96. The Morgan fingerprint density at radius 1 is 0.627 bits per heavy atom. The molecule has 2 unspecified atom stereocenters. The van der Waals surface area contributed by atoms with Crippen LogP contribution in [0.15, 0.2) is 84.9 Å². The summed E-state index contributed by atoms with van der Waals surface area (Å²) >= 11 is 23.6. The summed E-state index contributed by atoms with van der Waals surface area (Å²) in [5.41, 5.74) is 1.01. The minimum Gasteiger partial charge on any atom is -0.478 e. The van der Waals surface area contributed by atoms with E-state index < -0.39 is 92.4 Å². The second kappa shape index (κ2) is 25.7. The maximum absolute atomic E-state index is 14.2. The number of terminal acetylenes is 1. The largest absolute Gasteiger partial charge is 0.478 e. The number of benzene rings is 4. The van der Waals surface area contributed by atoms with E-state index in [1.54, 1.807) is 17.6 Å². The Balaban J connectivity index is 0.000000333.